The highest BCUT2D eigenvalue weighted by Crippen LogP contribution is 2.39. The monoisotopic (exact) mass is 207 g/mol. The molecule has 0 saturated heterocycles. The van der Waals surface area contributed by atoms with E-state index in [0.29, 0.717) is 5.92 Å². The summed E-state index contributed by atoms with van der Waals surface area (Å²) in [5.41, 5.74) is 7.11. The maximum Gasteiger partial charge on any atom is 0.110 e. The van der Waals surface area contributed by atoms with Gasteiger partial charge >= 0.3 is 0 Å². The molecular weight excluding hydrogens is 186 g/mol. The molecule has 1 aliphatic carbocycles. The average molecular weight is 207 g/mol. The molecule has 2 atom stereocenters. The minimum Gasteiger partial charge on any atom is -0.466 e. The van der Waals surface area contributed by atoms with Gasteiger partial charge in [-0.1, -0.05) is 13.8 Å². The highest BCUT2D eigenvalue weighted by Gasteiger charge is 2.29. The van der Waals surface area contributed by atoms with Crippen LogP contribution in [0.1, 0.15) is 49.7 Å². The maximum absolute atomic E-state index is 5.94. The number of rotatable bonds is 3. The van der Waals surface area contributed by atoms with E-state index in [0.717, 1.165) is 31.1 Å². The van der Waals surface area contributed by atoms with Crippen LogP contribution in [-0.4, -0.2) is 6.54 Å². The van der Waals surface area contributed by atoms with Crippen molar-refractivity contribution in [3.05, 3.63) is 23.2 Å². The van der Waals surface area contributed by atoms with Crippen LogP contribution in [0.25, 0.3) is 0 Å². The molecule has 0 amide bonds. The van der Waals surface area contributed by atoms with Gasteiger partial charge in [-0.05, 0) is 43.4 Å². The van der Waals surface area contributed by atoms with Crippen LogP contribution in [0.5, 0.6) is 0 Å². The zero-order valence-electron chi connectivity index (χ0n) is 9.75. The minimum absolute atomic E-state index is 0.555. The molecule has 0 spiro atoms. The van der Waals surface area contributed by atoms with Crippen molar-refractivity contribution in [3.8, 4) is 0 Å². The number of fused-ring (bicyclic) bond motifs is 1. The van der Waals surface area contributed by atoms with E-state index < -0.39 is 0 Å². The molecule has 1 aliphatic rings. The topological polar surface area (TPSA) is 39.2 Å². The van der Waals surface area contributed by atoms with Crippen molar-refractivity contribution >= 4 is 0 Å². The van der Waals surface area contributed by atoms with Crippen molar-refractivity contribution in [2.45, 2.75) is 45.4 Å². The summed E-state index contributed by atoms with van der Waals surface area (Å²) in [6.45, 7) is 5.22. The van der Waals surface area contributed by atoms with Crippen LogP contribution in [0.4, 0.5) is 0 Å². The predicted octanol–water partition coefficient (Wildman–Crippen LogP) is 2.86. The summed E-state index contributed by atoms with van der Waals surface area (Å²) in [6, 6.07) is 2.24. The fourth-order valence-corrected chi connectivity index (χ4v) is 2.62. The molecule has 0 radical (unpaired) electrons. The Balaban J connectivity index is 2.29. The first-order valence-electron chi connectivity index (χ1n) is 6.07. The quantitative estimate of drug-likeness (QED) is 0.827. The molecular formula is C13H21NO. The van der Waals surface area contributed by atoms with Gasteiger partial charge in [-0.25, -0.2) is 0 Å². The molecule has 0 fully saturated rings. The first-order valence-corrected chi connectivity index (χ1v) is 6.07. The number of aryl methyl sites for hydroxylation is 2. The predicted molar refractivity (Wildman–Crippen MR) is 62.0 cm³/mol. The molecule has 1 aromatic heterocycles. The molecule has 1 aromatic rings. The molecule has 0 aromatic carbocycles. The van der Waals surface area contributed by atoms with Crippen molar-refractivity contribution in [2.24, 2.45) is 11.7 Å². The van der Waals surface area contributed by atoms with Crippen LogP contribution >= 0.6 is 0 Å². The first-order chi connectivity index (χ1) is 7.26. The van der Waals surface area contributed by atoms with Gasteiger partial charge in [0.25, 0.3) is 0 Å². The lowest BCUT2D eigenvalue weighted by molar-refractivity contribution is 0.317. The van der Waals surface area contributed by atoms with Crippen molar-refractivity contribution < 1.29 is 4.42 Å². The normalized spacial score (nSPS) is 25.3. The van der Waals surface area contributed by atoms with Crippen LogP contribution in [0.3, 0.4) is 0 Å². The zero-order chi connectivity index (χ0) is 10.8. The van der Waals surface area contributed by atoms with Gasteiger partial charge in [-0.15, -0.1) is 0 Å². The largest absolute Gasteiger partial charge is 0.466 e. The van der Waals surface area contributed by atoms with Gasteiger partial charge in [-0.3, -0.25) is 0 Å². The highest BCUT2D eigenvalue weighted by molar-refractivity contribution is 5.28. The van der Waals surface area contributed by atoms with Gasteiger partial charge in [0.2, 0.25) is 0 Å². The fraction of sp³-hybridized carbons (Fsp3) is 0.692. The Bertz CT molecular complexity index is 329. The van der Waals surface area contributed by atoms with Gasteiger partial charge in [0, 0.05) is 12.3 Å². The summed E-state index contributed by atoms with van der Waals surface area (Å²) in [4.78, 5) is 0. The number of nitrogens with two attached hydrogens (primary N) is 1. The molecule has 2 rings (SSSR count). The second-order valence-electron chi connectivity index (χ2n) is 4.66. The van der Waals surface area contributed by atoms with Gasteiger partial charge in [0.1, 0.15) is 11.5 Å². The molecule has 1 heterocycles. The Labute approximate surface area is 91.8 Å². The molecule has 2 unspecified atom stereocenters. The summed E-state index contributed by atoms with van der Waals surface area (Å²) in [5, 5.41) is 0. The Morgan fingerprint density at radius 3 is 3.00 bits per heavy atom. The lowest BCUT2D eigenvalue weighted by Crippen LogP contribution is -2.19. The van der Waals surface area contributed by atoms with E-state index in [9.17, 15) is 0 Å². The lowest BCUT2D eigenvalue weighted by atomic mass is 9.78. The van der Waals surface area contributed by atoms with Gasteiger partial charge in [-0.2, -0.15) is 0 Å². The smallest absolute Gasteiger partial charge is 0.110 e. The summed E-state index contributed by atoms with van der Waals surface area (Å²) >= 11 is 0. The third-order valence-electron chi connectivity index (χ3n) is 3.61. The van der Waals surface area contributed by atoms with E-state index in [2.05, 4.69) is 19.9 Å². The molecule has 0 aliphatic heterocycles. The minimum atomic E-state index is 0.555. The lowest BCUT2D eigenvalue weighted by Gasteiger charge is -2.27. The van der Waals surface area contributed by atoms with Gasteiger partial charge < -0.3 is 10.2 Å². The van der Waals surface area contributed by atoms with E-state index in [1.165, 1.54) is 24.2 Å². The molecule has 2 N–H and O–H groups in total. The van der Waals surface area contributed by atoms with Crippen LogP contribution in [0.2, 0.25) is 0 Å². The number of hydrogen-bond donors (Lipinski definition) is 1. The summed E-state index contributed by atoms with van der Waals surface area (Å²) in [5.74, 6) is 3.64. The molecule has 0 saturated carbocycles. The van der Waals surface area contributed by atoms with E-state index in [4.69, 9.17) is 10.2 Å². The third-order valence-corrected chi connectivity index (χ3v) is 3.61. The Kier molecular flexibility index (Phi) is 3.15. The molecule has 2 heteroatoms. The molecule has 84 valence electrons. The zero-order valence-corrected chi connectivity index (χ0v) is 9.75. The highest BCUT2D eigenvalue weighted by atomic mass is 16.3. The molecule has 15 heavy (non-hydrogen) atoms. The second kappa shape index (κ2) is 4.40. The van der Waals surface area contributed by atoms with Crippen LogP contribution < -0.4 is 5.73 Å². The van der Waals surface area contributed by atoms with Gasteiger partial charge in [0.05, 0.1) is 0 Å². The number of furan rings is 1. The van der Waals surface area contributed by atoms with Crippen molar-refractivity contribution in [3.63, 3.8) is 0 Å². The van der Waals surface area contributed by atoms with E-state index >= 15 is 0 Å². The van der Waals surface area contributed by atoms with E-state index in [1.54, 1.807) is 0 Å². The van der Waals surface area contributed by atoms with E-state index in [1.807, 2.05) is 0 Å². The van der Waals surface area contributed by atoms with Crippen molar-refractivity contribution in [1.82, 2.24) is 0 Å². The van der Waals surface area contributed by atoms with Crippen LogP contribution in [0.15, 0.2) is 10.5 Å². The molecule has 0 bridgehead atoms. The van der Waals surface area contributed by atoms with Crippen molar-refractivity contribution in [1.29, 1.82) is 0 Å². The standard InChI is InChI=1S/C13H21NO/c1-3-11-8-10-5-4-9(2)12(6-7-14)13(10)15-11/h8-9,12H,3-7,14H2,1-2H3. The van der Waals surface area contributed by atoms with Crippen LogP contribution in [-0.2, 0) is 12.8 Å². The Hall–Kier alpha value is -0.760. The fourth-order valence-electron chi connectivity index (χ4n) is 2.62. The van der Waals surface area contributed by atoms with Crippen LogP contribution in [0, 0.1) is 5.92 Å². The SMILES string of the molecule is CCc1cc2c(o1)C(CCN)C(C)CC2. The summed E-state index contributed by atoms with van der Waals surface area (Å²) in [6.07, 6.45) is 4.52. The summed E-state index contributed by atoms with van der Waals surface area (Å²) in [7, 11) is 0. The van der Waals surface area contributed by atoms with E-state index in [-0.39, 0.29) is 0 Å². The number of hydrogen-bond acceptors (Lipinski definition) is 2. The third kappa shape index (κ3) is 1.96. The Morgan fingerprint density at radius 1 is 1.53 bits per heavy atom. The second-order valence-corrected chi connectivity index (χ2v) is 4.66. The van der Waals surface area contributed by atoms with Gasteiger partial charge in [0.15, 0.2) is 0 Å². The summed E-state index contributed by atoms with van der Waals surface area (Å²) < 4.78 is 5.94. The Morgan fingerprint density at radius 2 is 2.33 bits per heavy atom. The maximum atomic E-state index is 5.94. The first kappa shape index (κ1) is 10.7. The van der Waals surface area contributed by atoms with Crippen molar-refractivity contribution in [2.75, 3.05) is 6.54 Å². The average Bonchev–Trinajstić information content (AvgIpc) is 2.66. The molecule has 2 nitrogen and oxygen atoms in total.